The van der Waals surface area contributed by atoms with E-state index in [4.69, 9.17) is 17.0 Å². The molecule has 0 radical (unpaired) electrons. The molecule has 0 unspecified atom stereocenters. The number of halogens is 1. The summed E-state index contributed by atoms with van der Waals surface area (Å²) in [5, 5.41) is 7.40. The summed E-state index contributed by atoms with van der Waals surface area (Å²) >= 11 is 6.63. The van der Waals surface area contributed by atoms with Crippen molar-refractivity contribution >= 4 is 50.5 Å². The van der Waals surface area contributed by atoms with Crippen molar-refractivity contribution in [3.05, 3.63) is 96.3 Å². The first-order valence-electron chi connectivity index (χ1n) is 10.0. The number of nitrogens with one attached hydrogen (secondary N) is 2. The molecule has 0 saturated carbocycles. The number of carbonyl (C=O) groups is 1. The van der Waals surface area contributed by atoms with E-state index in [1.165, 1.54) is 23.5 Å². The van der Waals surface area contributed by atoms with Crippen molar-refractivity contribution in [1.29, 1.82) is 0 Å². The van der Waals surface area contributed by atoms with E-state index in [9.17, 15) is 9.18 Å². The molecule has 33 heavy (non-hydrogen) atoms. The monoisotopic (exact) mass is 483 g/mol. The lowest BCUT2D eigenvalue weighted by Crippen LogP contribution is -2.35. The van der Waals surface area contributed by atoms with Crippen molar-refractivity contribution < 1.29 is 16.8 Å². The average molecular weight is 484 g/mol. The lowest BCUT2D eigenvalue weighted by Gasteiger charge is -2.12. The second-order valence-electron chi connectivity index (χ2n) is 6.76. The summed E-state index contributed by atoms with van der Waals surface area (Å²) in [5.41, 5.74) is 2.08. The van der Waals surface area contributed by atoms with Gasteiger partial charge in [0.2, 0.25) is 5.91 Å². The molecular weight excluding hydrogens is 457 g/mol. The zero-order valence-electron chi connectivity index (χ0n) is 17.9. The number of thiophene rings is 1. The van der Waals surface area contributed by atoms with Crippen LogP contribution in [-0.2, 0) is 11.2 Å². The van der Waals surface area contributed by atoms with Crippen molar-refractivity contribution in [2.75, 3.05) is 5.32 Å². The lowest BCUT2D eigenvalue weighted by molar-refractivity contribution is -0.119. The van der Waals surface area contributed by atoms with Crippen LogP contribution in [0.1, 0.15) is 15.3 Å². The summed E-state index contributed by atoms with van der Waals surface area (Å²) in [6, 6.07) is 17.3. The maximum absolute atomic E-state index is 14.6. The van der Waals surface area contributed by atoms with Gasteiger partial charge in [-0.3, -0.25) is 9.78 Å². The van der Waals surface area contributed by atoms with Gasteiger partial charge in [-0.25, -0.2) is 4.39 Å². The molecule has 2 N–H and O–H groups in total. The third-order valence-corrected chi connectivity index (χ3v) is 5.30. The van der Waals surface area contributed by atoms with E-state index in [1.807, 2.05) is 48.7 Å². The lowest BCUT2D eigenvalue weighted by atomic mass is 10.1. The van der Waals surface area contributed by atoms with Gasteiger partial charge >= 0.3 is 0 Å². The largest absolute Gasteiger partial charge is 0.453 e. The zero-order chi connectivity index (χ0) is 23.6. The average Bonchev–Trinajstić information content (AvgIpc) is 3.26. The Morgan fingerprint density at radius 2 is 1.97 bits per heavy atom. The Morgan fingerprint density at radius 3 is 2.70 bits per heavy atom. The van der Waals surface area contributed by atoms with Gasteiger partial charge in [-0.1, -0.05) is 36.4 Å². The summed E-state index contributed by atoms with van der Waals surface area (Å²) < 4.78 is 21.1. The molecule has 5 nitrogen and oxygen atoms in total. The first kappa shape index (κ1) is 24.0. The van der Waals surface area contributed by atoms with Gasteiger partial charge in [0.15, 0.2) is 16.7 Å². The summed E-state index contributed by atoms with van der Waals surface area (Å²) in [6.45, 7) is 5.25. The van der Waals surface area contributed by atoms with Gasteiger partial charge in [-0.2, -0.15) is 0 Å². The maximum atomic E-state index is 14.6. The molecule has 172 valence electrons. The Labute approximate surface area is 203 Å². The Balaban J connectivity index is 0.00000117. The van der Waals surface area contributed by atoms with E-state index in [-0.39, 0.29) is 26.0 Å². The molecule has 0 aliphatic carbocycles. The second-order valence-corrected chi connectivity index (χ2v) is 8.09. The number of aromatic nitrogens is 1. The number of nitrogens with zero attached hydrogens (tertiary/aromatic N) is 1. The Kier molecular flexibility index (Phi) is 8.63. The van der Waals surface area contributed by atoms with Crippen LogP contribution in [0.2, 0.25) is 0 Å². The second kappa shape index (κ2) is 11.8. The molecule has 0 aliphatic heterocycles. The number of allylic oxidation sites excluding steroid dienone is 1. The van der Waals surface area contributed by atoms with E-state index in [1.54, 1.807) is 24.4 Å². The van der Waals surface area contributed by atoms with Gasteiger partial charge in [-0.15, -0.1) is 17.9 Å². The minimum Gasteiger partial charge on any atom is -0.453 e. The van der Waals surface area contributed by atoms with E-state index >= 15 is 0 Å². The molecule has 0 spiro atoms. The van der Waals surface area contributed by atoms with Crippen LogP contribution in [0.3, 0.4) is 0 Å². The molecule has 2 aromatic carbocycles. The molecule has 1 amide bonds. The summed E-state index contributed by atoms with van der Waals surface area (Å²) in [4.78, 5) is 16.3. The molecular formula is C25H26FN3O2S2. The van der Waals surface area contributed by atoms with Gasteiger partial charge < -0.3 is 15.4 Å². The summed E-state index contributed by atoms with van der Waals surface area (Å²) in [5.74, 6) is -0.185. The third-order valence-electron chi connectivity index (χ3n) is 4.18. The molecule has 4 rings (SSSR count). The van der Waals surface area contributed by atoms with Crippen molar-refractivity contribution in [1.82, 2.24) is 10.3 Å². The third kappa shape index (κ3) is 6.93. The van der Waals surface area contributed by atoms with E-state index < -0.39 is 5.82 Å². The Bertz CT molecular complexity index is 1270. The number of benzene rings is 2. The summed E-state index contributed by atoms with van der Waals surface area (Å²) in [6.07, 6.45) is 3.57. The smallest absolute Gasteiger partial charge is 0.230 e. The van der Waals surface area contributed by atoms with Crippen LogP contribution in [0.5, 0.6) is 11.5 Å². The highest BCUT2D eigenvalue weighted by atomic mass is 32.1. The Hall–Kier alpha value is -3.62. The van der Waals surface area contributed by atoms with Gasteiger partial charge in [-0.05, 0) is 48.3 Å². The van der Waals surface area contributed by atoms with Crippen LogP contribution in [-0.4, -0.2) is 16.0 Å². The van der Waals surface area contributed by atoms with E-state index in [0.717, 1.165) is 15.8 Å². The fourth-order valence-electron chi connectivity index (χ4n) is 2.82. The highest BCUT2D eigenvalue weighted by molar-refractivity contribution is 7.80. The highest BCUT2D eigenvalue weighted by Crippen LogP contribution is 2.34. The van der Waals surface area contributed by atoms with E-state index in [0.29, 0.717) is 11.4 Å². The number of amides is 1. The first-order chi connectivity index (χ1) is 16.0. The molecule has 4 aromatic rings. The minimum absolute atomic E-state index is 0. The summed E-state index contributed by atoms with van der Waals surface area (Å²) in [7, 11) is 0. The standard InChI is InChI=1S/C22H16FN3O2S2.C3H6.2H2/c23-16-13-15(25-22(29)26-20(27)12-14-4-2-1-3-5-14)6-7-18(16)28-19-8-10-24-17-9-11-30-21(17)19;1-3-2;;/h1-11,13H,12H2,(H2,25,26,27,29);3H,1H2,2H3;2*1H. The Morgan fingerprint density at radius 1 is 1.21 bits per heavy atom. The molecule has 2 aromatic heterocycles. The number of anilines is 1. The topological polar surface area (TPSA) is 63.2 Å². The van der Waals surface area contributed by atoms with Crippen LogP contribution >= 0.6 is 23.6 Å². The fraction of sp³-hybridized carbons (Fsp3) is 0.0800. The predicted octanol–water partition coefficient (Wildman–Crippen LogP) is 6.97. The number of carbonyl (C=O) groups excluding carboxylic acids is 1. The van der Waals surface area contributed by atoms with Gasteiger partial charge in [0, 0.05) is 26.9 Å². The molecule has 0 saturated heterocycles. The first-order valence-corrected chi connectivity index (χ1v) is 11.3. The predicted molar refractivity (Wildman–Crippen MR) is 141 cm³/mol. The molecule has 8 heteroatoms. The van der Waals surface area contributed by atoms with Crippen LogP contribution in [0.15, 0.2) is 84.9 Å². The fourth-order valence-corrected chi connectivity index (χ4v) is 3.86. The van der Waals surface area contributed by atoms with Gasteiger partial charge in [0.1, 0.15) is 5.75 Å². The number of rotatable bonds is 5. The molecule has 0 atom stereocenters. The minimum atomic E-state index is -0.556. The van der Waals surface area contributed by atoms with Crippen LogP contribution in [0.25, 0.3) is 10.2 Å². The zero-order valence-corrected chi connectivity index (χ0v) is 19.5. The quantitative estimate of drug-likeness (QED) is 0.237. The number of hydrogen-bond acceptors (Lipinski definition) is 5. The van der Waals surface area contributed by atoms with Gasteiger partial charge in [0.25, 0.3) is 0 Å². The number of fused-ring (bicyclic) bond motifs is 1. The molecule has 2 heterocycles. The van der Waals surface area contributed by atoms with Crippen molar-refractivity contribution in [2.45, 2.75) is 13.3 Å². The van der Waals surface area contributed by atoms with Crippen molar-refractivity contribution in [3.8, 4) is 11.5 Å². The van der Waals surface area contributed by atoms with Crippen LogP contribution in [0.4, 0.5) is 10.1 Å². The highest BCUT2D eigenvalue weighted by Gasteiger charge is 2.11. The number of hydrogen-bond donors (Lipinski definition) is 2. The molecule has 0 fully saturated rings. The molecule has 0 aliphatic rings. The van der Waals surface area contributed by atoms with E-state index in [2.05, 4.69) is 22.2 Å². The van der Waals surface area contributed by atoms with Crippen molar-refractivity contribution in [3.63, 3.8) is 0 Å². The normalized spacial score (nSPS) is 10.0. The number of pyridine rings is 1. The van der Waals surface area contributed by atoms with Gasteiger partial charge in [0.05, 0.1) is 16.6 Å². The van der Waals surface area contributed by atoms with Crippen LogP contribution in [0, 0.1) is 5.82 Å². The number of thiocarbonyl (C=S) groups is 1. The SMILES string of the molecule is C=CC.O=C(Cc1ccccc1)NC(=S)Nc1ccc(Oc2ccnc3ccsc23)c(F)c1.[HH].[HH]. The molecule has 0 bridgehead atoms. The van der Waals surface area contributed by atoms with Crippen molar-refractivity contribution in [2.24, 2.45) is 0 Å². The maximum Gasteiger partial charge on any atom is 0.230 e. The van der Waals surface area contributed by atoms with Crippen LogP contribution < -0.4 is 15.4 Å². The number of ether oxygens (including phenoxy) is 1.